The predicted molar refractivity (Wildman–Crippen MR) is 56.5 cm³/mol. The fourth-order valence-electron chi connectivity index (χ4n) is 2.17. The SMILES string of the molecule is CC(C)=C1C(=O)c2ncccc2C1(C)O. The fraction of sp³-hybridized carbons (Fsp3) is 0.333. The van der Waals surface area contributed by atoms with Gasteiger partial charge in [-0.3, -0.25) is 9.78 Å². The van der Waals surface area contributed by atoms with Gasteiger partial charge >= 0.3 is 0 Å². The number of pyridine rings is 1. The lowest BCUT2D eigenvalue weighted by Crippen LogP contribution is -2.21. The molecular weight excluding hydrogens is 190 g/mol. The van der Waals surface area contributed by atoms with Crippen molar-refractivity contribution in [2.24, 2.45) is 0 Å². The summed E-state index contributed by atoms with van der Waals surface area (Å²) in [5.74, 6) is -0.157. The highest BCUT2D eigenvalue weighted by molar-refractivity contribution is 6.14. The molecule has 0 saturated heterocycles. The van der Waals surface area contributed by atoms with Gasteiger partial charge in [0.2, 0.25) is 5.78 Å². The standard InChI is InChI=1S/C12H13NO2/c1-7(2)9-11(14)10-8(12(9,3)15)5-4-6-13-10/h4-6,15H,1-3H3. The van der Waals surface area contributed by atoms with Crippen LogP contribution < -0.4 is 0 Å². The normalized spacial score (nSPS) is 24.3. The molecule has 0 amide bonds. The number of aliphatic hydroxyl groups is 1. The van der Waals surface area contributed by atoms with Gasteiger partial charge in [0.15, 0.2) is 0 Å². The molecule has 1 aromatic heterocycles. The van der Waals surface area contributed by atoms with Crippen molar-refractivity contribution in [3.63, 3.8) is 0 Å². The van der Waals surface area contributed by atoms with Crippen molar-refractivity contribution in [2.45, 2.75) is 26.4 Å². The van der Waals surface area contributed by atoms with E-state index in [-0.39, 0.29) is 5.78 Å². The summed E-state index contributed by atoms with van der Waals surface area (Å²) in [5, 5.41) is 10.3. The van der Waals surface area contributed by atoms with Crippen LogP contribution in [0.15, 0.2) is 29.5 Å². The van der Waals surface area contributed by atoms with Gasteiger partial charge in [-0.25, -0.2) is 0 Å². The smallest absolute Gasteiger partial charge is 0.210 e. The molecule has 1 heterocycles. The minimum Gasteiger partial charge on any atom is -0.380 e. The molecule has 1 aromatic rings. The number of ketones is 1. The second-order valence-electron chi connectivity index (χ2n) is 4.18. The summed E-state index contributed by atoms with van der Waals surface area (Å²) in [6.45, 7) is 5.29. The van der Waals surface area contributed by atoms with E-state index in [1.807, 2.05) is 13.8 Å². The lowest BCUT2D eigenvalue weighted by molar-refractivity contribution is 0.0862. The van der Waals surface area contributed by atoms with E-state index in [4.69, 9.17) is 0 Å². The molecule has 0 aromatic carbocycles. The maximum Gasteiger partial charge on any atom is 0.210 e. The maximum atomic E-state index is 12.0. The van der Waals surface area contributed by atoms with E-state index in [1.54, 1.807) is 25.3 Å². The molecule has 3 nitrogen and oxygen atoms in total. The summed E-state index contributed by atoms with van der Waals surface area (Å²) in [6, 6.07) is 3.48. The first kappa shape index (κ1) is 10.1. The molecule has 0 aliphatic heterocycles. The minimum absolute atomic E-state index is 0.157. The van der Waals surface area contributed by atoms with Gasteiger partial charge in [0.05, 0.1) is 0 Å². The minimum atomic E-state index is -1.19. The van der Waals surface area contributed by atoms with Crippen LogP contribution in [-0.2, 0) is 5.60 Å². The Morgan fingerprint density at radius 2 is 2.13 bits per heavy atom. The van der Waals surface area contributed by atoms with Crippen molar-refractivity contribution in [3.05, 3.63) is 40.7 Å². The Morgan fingerprint density at radius 1 is 1.47 bits per heavy atom. The maximum absolute atomic E-state index is 12.0. The topological polar surface area (TPSA) is 50.2 Å². The van der Waals surface area contributed by atoms with E-state index >= 15 is 0 Å². The number of carbonyl (C=O) groups is 1. The van der Waals surface area contributed by atoms with E-state index in [9.17, 15) is 9.90 Å². The first-order chi connectivity index (χ1) is 6.96. The van der Waals surface area contributed by atoms with Crippen LogP contribution in [0.25, 0.3) is 0 Å². The third-order valence-electron chi connectivity index (χ3n) is 2.76. The third kappa shape index (κ3) is 1.23. The van der Waals surface area contributed by atoms with Gasteiger partial charge < -0.3 is 5.11 Å². The summed E-state index contributed by atoms with van der Waals surface area (Å²) in [7, 11) is 0. The lowest BCUT2D eigenvalue weighted by atomic mass is 9.92. The van der Waals surface area contributed by atoms with Crippen LogP contribution >= 0.6 is 0 Å². The van der Waals surface area contributed by atoms with Gasteiger partial charge in [-0.2, -0.15) is 0 Å². The quantitative estimate of drug-likeness (QED) is 0.654. The summed E-state index contributed by atoms with van der Waals surface area (Å²) < 4.78 is 0. The molecule has 3 heteroatoms. The zero-order valence-corrected chi connectivity index (χ0v) is 9.03. The van der Waals surface area contributed by atoms with Gasteiger partial charge in [-0.1, -0.05) is 11.6 Å². The molecule has 2 rings (SSSR count). The highest BCUT2D eigenvalue weighted by atomic mass is 16.3. The van der Waals surface area contributed by atoms with Crippen molar-refractivity contribution in [1.29, 1.82) is 0 Å². The average molecular weight is 203 g/mol. The van der Waals surface area contributed by atoms with E-state index in [1.165, 1.54) is 0 Å². The summed E-state index contributed by atoms with van der Waals surface area (Å²) in [4.78, 5) is 16.0. The number of fused-ring (bicyclic) bond motifs is 1. The lowest BCUT2D eigenvalue weighted by Gasteiger charge is -2.19. The molecule has 1 aliphatic rings. The number of allylic oxidation sites excluding steroid dienone is 1. The van der Waals surface area contributed by atoms with Crippen LogP contribution in [-0.4, -0.2) is 15.9 Å². The predicted octanol–water partition coefficient (Wildman–Crippen LogP) is 1.82. The highest BCUT2D eigenvalue weighted by Gasteiger charge is 2.44. The van der Waals surface area contributed by atoms with Gasteiger partial charge in [-0.05, 0) is 26.8 Å². The zero-order valence-electron chi connectivity index (χ0n) is 9.03. The molecule has 0 fully saturated rings. The summed E-state index contributed by atoms with van der Waals surface area (Å²) >= 11 is 0. The Labute approximate surface area is 88.5 Å². The highest BCUT2D eigenvalue weighted by Crippen LogP contribution is 2.40. The molecule has 1 N–H and O–H groups in total. The molecule has 0 spiro atoms. The molecule has 0 bridgehead atoms. The van der Waals surface area contributed by atoms with Crippen molar-refractivity contribution >= 4 is 5.78 Å². The Morgan fingerprint density at radius 3 is 2.67 bits per heavy atom. The molecule has 0 radical (unpaired) electrons. The van der Waals surface area contributed by atoms with Crippen LogP contribution in [0.4, 0.5) is 0 Å². The van der Waals surface area contributed by atoms with Crippen molar-refractivity contribution in [3.8, 4) is 0 Å². The van der Waals surface area contributed by atoms with Crippen LogP contribution in [0.5, 0.6) is 0 Å². The first-order valence-electron chi connectivity index (χ1n) is 4.86. The number of Topliss-reactive ketones (excluding diaryl/α,β-unsaturated/α-hetero) is 1. The number of carbonyl (C=O) groups excluding carboxylic acids is 1. The second kappa shape index (κ2) is 3.00. The van der Waals surface area contributed by atoms with Crippen LogP contribution in [0, 0.1) is 0 Å². The zero-order chi connectivity index (χ0) is 11.2. The van der Waals surface area contributed by atoms with Crippen molar-refractivity contribution < 1.29 is 9.90 Å². The Hall–Kier alpha value is -1.48. The summed E-state index contributed by atoms with van der Waals surface area (Å²) in [6.07, 6.45) is 1.57. The van der Waals surface area contributed by atoms with Crippen molar-refractivity contribution in [1.82, 2.24) is 4.98 Å². The number of aromatic nitrogens is 1. The van der Waals surface area contributed by atoms with E-state index < -0.39 is 5.60 Å². The largest absolute Gasteiger partial charge is 0.380 e. The van der Waals surface area contributed by atoms with Crippen LogP contribution in [0.3, 0.4) is 0 Å². The third-order valence-corrected chi connectivity index (χ3v) is 2.76. The van der Waals surface area contributed by atoms with Crippen LogP contribution in [0.2, 0.25) is 0 Å². The molecule has 1 unspecified atom stereocenters. The molecular formula is C12H13NO2. The van der Waals surface area contributed by atoms with Gasteiger partial charge in [-0.15, -0.1) is 0 Å². The molecule has 1 aliphatic carbocycles. The molecule has 0 saturated carbocycles. The number of rotatable bonds is 0. The fourth-order valence-corrected chi connectivity index (χ4v) is 2.17. The first-order valence-corrected chi connectivity index (χ1v) is 4.86. The summed E-state index contributed by atoms with van der Waals surface area (Å²) in [5.41, 5.74) is 1.07. The number of nitrogens with zero attached hydrogens (tertiary/aromatic N) is 1. The Bertz CT molecular complexity index is 468. The van der Waals surface area contributed by atoms with Gasteiger partial charge in [0.25, 0.3) is 0 Å². The average Bonchev–Trinajstić information content (AvgIpc) is 2.36. The van der Waals surface area contributed by atoms with Gasteiger partial charge in [0, 0.05) is 17.3 Å². The van der Waals surface area contributed by atoms with E-state index in [0.717, 1.165) is 5.57 Å². The molecule has 78 valence electrons. The van der Waals surface area contributed by atoms with Crippen molar-refractivity contribution in [2.75, 3.05) is 0 Å². The number of hydrogen-bond donors (Lipinski definition) is 1. The second-order valence-corrected chi connectivity index (χ2v) is 4.18. The molecule has 1 atom stereocenters. The monoisotopic (exact) mass is 203 g/mol. The van der Waals surface area contributed by atoms with Gasteiger partial charge in [0.1, 0.15) is 11.3 Å². The Kier molecular flexibility index (Phi) is 2.01. The van der Waals surface area contributed by atoms with E-state index in [2.05, 4.69) is 4.98 Å². The van der Waals surface area contributed by atoms with E-state index in [0.29, 0.717) is 16.8 Å². The molecule has 15 heavy (non-hydrogen) atoms. The Balaban J connectivity index is 2.77. The number of hydrogen-bond acceptors (Lipinski definition) is 3. The van der Waals surface area contributed by atoms with Crippen LogP contribution in [0.1, 0.15) is 36.8 Å².